The average molecular weight is 357 g/mol. The van der Waals surface area contributed by atoms with Crippen molar-refractivity contribution in [2.75, 3.05) is 19.8 Å². The third kappa shape index (κ3) is 3.13. The van der Waals surface area contributed by atoms with Gasteiger partial charge in [-0.05, 0) is 44.0 Å². The molecule has 1 unspecified atom stereocenters. The first-order chi connectivity index (χ1) is 12.7. The number of rotatable bonds is 5. The van der Waals surface area contributed by atoms with Crippen LogP contribution in [0.5, 0.6) is 5.75 Å². The van der Waals surface area contributed by atoms with Crippen molar-refractivity contribution in [3.05, 3.63) is 29.8 Å². The van der Waals surface area contributed by atoms with E-state index in [-0.39, 0.29) is 23.7 Å². The molecule has 1 aliphatic carbocycles. The number of fused-ring (bicyclic) bond motifs is 1. The maximum absolute atomic E-state index is 12.8. The Bertz CT molecular complexity index is 648. The highest BCUT2D eigenvalue weighted by Crippen LogP contribution is 2.37. The van der Waals surface area contributed by atoms with E-state index in [9.17, 15) is 9.59 Å². The van der Waals surface area contributed by atoms with Crippen LogP contribution in [0.15, 0.2) is 24.3 Å². The summed E-state index contributed by atoms with van der Waals surface area (Å²) in [6, 6.07) is 8.67. The summed E-state index contributed by atoms with van der Waals surface area (Å²) >= 11 is 0. The molecule has 2 amide bonds. The van der Waals surface area contributed by atoms with Crippen LogP contribution in [0.2, 0.25) is 0 Å². The highest BCUT2D eigenvalue weighted by molar-refractivity contribution is 6.05. The van der Waals surface area contributed by atoms with Gasteiger partial charge >= 0.3 is 0 Å². The van der Waals surface area contributed by atoms with E-state index in [0.29, 0.717) is 19.3 Å². The number of carbonyl (C=O) groups is 2. The normalized spacial score (nSPS) is 31.3. The van der Waals surface area contributed by atoms with Gasteiger partial charge in [0.25, 0.3) is 0 Å². The van der Waals surface area contributed by atoms with Gasteiger partial charge in [-0.25, -0.2) is 4.90 Å². The molecule has 26 heavy (non-hydrogen) atoms. The van der Waals surface area contributed by atoms with E-state index in [1.807, 2.05) is 19.1 Å². The topological polar surface area (TPSA) is 51.1 Å². The Balaban J connectivity index is 1.47. The van der Waals surface area contributed by atoms with Crippen molar-refractivity contribution in [3.8, 4) is 5.75 Å². The van der Waals surface area contributed by atoms with Crippen molar-refractivity contribution in [1.29, 1.82) is 0 Å². The molecule has 4 atom stereocenters. The number of benzene rings is 1. The molecule has 2 heterocycles. The van der Waals surface area contributed by atoms with Crippen molar-refractivity contribution in [2.24, 2.45) is 11.8 Å². The van der Waals surface area contributed by atoms with Crippen LogP contribution in [0.25, 0.3) is 0 Å². The summed E-state index contributed by atoms with van der Waals surface area (Å²) in [4.78, 5) is 28.5. The number of nitrogens with zero attached hydrogens (tertiary/aromatic N) is 1. The lowest BCUT2D eigenvalue weighted by atomic mass is 9.81. The lowest BCUT2D eigenvalue weighted by molar-refractivity contribution is -0.925. The van der Waals surface area contributed by atoms with Gasteiger partial charge < -0.3 is 9.64 Å². The van der Waals surface area contributed by atoms with Crippen LogP contribution < -0.4 is 9.64 Å². The SMILES string of the molecule is CCOc1ccc([C@@H]2CCC[NH+]2CN2C(=O)[C@H]3CCCC[C@H]3C2=O)cc1. The molecule has 2 aliphatic heterocycles. The zero-order valence-electron chi connectivity index (χ0n) is 15.6. The number of hydrogen-bond donors (Lipinski definition) is 1. The number of carbonyl (C=O) groups excluding carboxylic acids is 2. The van der Waals surface area contributed by atoms with Crippen LogP contribution in [0, 0.1) is 11.8 Å². The van der Waals surface area contributed by atoms with E-state index >= 15 is 0 Å². The van der Waals surface area contributed by atoms with E-state index in [2.05, 4.69) is 12.1 Å². The Hall–Kier alpha value is -1.88. The number of amides is 2. The summed E-state index contributed by atoms with van der Waals surface area (Å²) in [5.74, 6) is 0.989. The van der Waals surface area contributed by atoms with Crippen LogP contribution in [-0.4, -0.2) is 36.5 Å². The van der Waals surface area contributed by atoms with Gasteiger partial charge in [-0.15, -0.1) is 0 Å². The van der Waals surface area contributed by atoms with E-state index in [4.69, 9.17) is 4.74 Å². The molecule has 1 N–H and O–H groups in total. The average Bonchev–Trinajstić information content (AvgIpc) is 3.22. The molecular weight excluding hydrogens is 328 g/mol. The predicted molar refractivity (Wildman–Crippen MR) is 97.6 cm³/mol. The Morgan fingerprint density at radius 1 is 1.00 bits per heavy atom. The number of hydrogen-bond acceptors (Lipinski definition) is 3. The summed E-state index contributed by atoms with van der Waals surface area (Å²) in [5, 5.41) is 0. The molecule has 1 aromatic rings. The zero-order valence-corrected chi connectivity index (χ0v) is 15.6. The van der Waals surface area contributed by atoms with Gasteiger partial charge in [0, 0.05) is 18.4 Å². The predicted octanol–water partition coefficient (Wildman–Crippen LogP) is 1.94. The van der Waals surface area contributed by atoms with Crippen LogP contribution >= 0.6 is 0 Å². The molecule has 5 nitrogen and oxygen atoms in total. The number of likely N-dealkylation sites (tertiary alicyclic amines) is 2. The van der Waals surface area contributed by atoms with E-state index in [1.54, 1.807) is 4.90 Å². The maximum Gasteiger partial charge on any atom is 0.237 e. The highest BCUT2D eigenvalue weighted by Gasteiger charge is 2.50. The minimum absolute atomic E-state index is 0.0396. The van der Waals surface area contributed by atoms with Gasteiger partial charge in [-0.2, -0.15) is 0 Å². The maximum atomic E-state index is 12.8. The molecule has 5 heteroatoms. The lowest BCUT2D eigenvalue weighted by Crippen LogP contribution is -3.12. The second-order valence-corrected chi connectivity index (χ2v) is 7.87. The standard InChI is InChI=1S/C21H28N2O3/c1-2-26-16-11-9-15(10-12-16)19-8-5-13-22(19)14-23-20(24)17-6-3-4-7-18(17)21(23)25/h9-12,17-19H,2-8,13-14H2,1H3/p+1/t17-,18+,19-/m0/s1. The molecule has 0 aromatic heterocycles. The first kappa shape index (κ1) is 17.5. The smallest absolute Gasteiger partial charge is 0.237 e. The summed E-state index contributed by atoms with van der Waals surface area (Å²) in [6.07, 6.45) is 6.19. The zero-order chi connectivity index (χ0) is 18.1. The first-order valence-corrected chi connectivity index (χ1v) is 10.1. The Morgan fingerprint density at radius 2 is 1.65 bits per heavy atom. The van der Waals surface area contributed by atoms with E-state index in [1.165, 1.54) is 10.5 Å². The second kappa shape index (κ2) is 7.39. The third-order valence-electron chi connectivity index (χ3n) is 6.37. The quantitative estimate of drug-likeness (QED) is 0.820. The third-order valence-corrected chi connectivity index (χ3v) is 6.37. The molecule has 1 saturated carbocycles. The van der Waals surface area contributed by atoms with Crippen LogP contribution in [0.4, 0.5) is 0 Å². The summed E-state index contributed by atoms with van der Waals surface area (Å²) in [5.41, 5.74) is 1.28. The van der Waals surface area contributed by atoms with Crippen molar-refractivity contribution < 1.29 is 19.2 Å². The van der Waals surface area contributed by atoms with Gasteiger partial charge in [-0.3, -0.25) is 9.59 Å². The lowest BCUT2D eigenvalue weighted by Gasteiger charge is -2.26. The fourth-order valence-electron chi connectivity index (χ4n) is 5.06. The highest BCUT2D eigenvalue weighted by atomic mass is 16.5. The molecule has 0 spiro atoms. The molecule has 3 fully saturated rings. The molecule has 140 valence electrons. The monoisotopic (exact) mass is 357 g/mol. The van der Waals surface area contributed by atoms with Gasteiger partial charge in [0.1, 0.15) is 11.8 Å². The van der Waals surface area contributed by atoms with Gasteiger partial charge in [-0.1, -0.05) is 12.8 Å². The van der Waals surface area contributed by atoms with Gasteiger partial charge in [0.05, 0.1) is 25.0 Å². The van der Waals surface area contributed by atoms with Gasteiger partial charge in [0.15, 0.2) is 6.67 Å². The van der Waals surface area contributed by atoms with Crippen LogP contribution in [0.1, 0.15) is 57.1 Å². The minimum atomic E-state index is -0.0396. The Kier molecular flexibility index (Phi) is 4.98. The second-order valence-electron chi connectivity index (χ2n) is 7.87. The fourth-order valence-corrected chi connectivity index (χ4v) is 5.06. The summed E-state index contributed by atoms with van der Waals surface area (Å²) < 4.78 is 5.54. The molecule has 1 aromatic carbocycles. The van der Waals surface area contributed by atoms with Crippen molar-refractivity contribution in [1.82, 2.24) is 4.90 Å². The summed E-state index contributed by atoms with van der Waals surface area (Å²) in [6.45, 7) is 4.20. The van der Waals surface area contributed by atoms with E-state index < -0.39 is 0 Å². The Morgan fingerprint density at radius 3 is 2.27 bits per heavy atom. The molecule has 0 radical (unpaired) electrons. The summed E-state index contributed by atoms with van der Waals surface area (Å²) in [7, 11) is 0. The van der Waals surface area contributed by atoms with Crippen molar-refractivity contribution in [3.63, 3.8) is 0 Å². The molecular formula is C21H29N2O3+. The number of imide groups is 1. The van der Waals surface area contributed by atoms with Crippen molar-refractivity contribution >= 4 is 11.8 Å². The number of ether oxygens (including phenoxy) is 1. The molecule has 3 aliphatic rings. The fraction of sp³-hybridized carbons (Fsp3) is 0.619. The number of nitrogens with one attached hydrogen (secondary N) is 1. The molecule has 2 saturated heterocycles. The minimum Gasteiger partial charge on any atom is -0.494 e. The molecule has 0 bridgehead atoms. The van der Waals surface area contributed by atoms with Crippen molar-refractivity contribution in [2.45, 2.75) is 51.5 Å². The Labute approximate surface area is 155 Å². The van der Waals surface area contributed by atoms with Crippen LogP contribution in [-0.2, 0) is 9.59 Å². The van der Waals surface area contributed by atoms with Crippen LogP contribution in [0.3, 0.4) is 0 Å². The van der Waals surface area contributed by atoms with Gasteiger partial charge in [0.2, 0.25) is 11.8 Å². The number of quaternary nitrogens is 1. The first-order valence-electron chi connectivity index (χ1n) is 10.1. The largest absolute Gasteiger partial charge is 0.494 e. The van der Waals surface area contributed by atoms with E-state index in [0.717, 1.165) is 50.8 Å². The molecule has 4 rings (SSSR count).